The van der Waals surface area contributed by atoms with Crippen molar-refractivity contribution in [2.45, 2.75) is 31.6 Å². The van der Waals surface area contributed by atoms with Gasteiger partial charge in [-0.25, -0.2) is 9.97 Å². The zero-order valence-corrected chi connectivity index (χ0v) is 11.6. The van der Waals surface area contributed by atoms with Crippen LogP contribution in [0.1, 0.15) is 32.0 Å². The van der Waals surface area contributed by atoms with E-state index in [1.807, 2.05) is 13.1 Å². The number of H-pyrrole nitrogens is 1. The molecule has 19 heavy (non-hydrogen) atoms. The van der Waals surface area contributed by atoms with E-state index in [1.54, 1.807) is 0 Å². The van der Waals surface area contributed by atoms with E-state index in [0.717, 1.165) is 55.2 Å². The molecule has 2 aromatic rings. The number of nitrogens with one attached hydrogen (secondary N) is 3. The van der Waals surface area contributed by atoms with Gasteiger partial charge in [0.25, 0.3) is 0 Å². The number of hydrogen-bond donors (Lipinski definition) is 3. The molecular formula is C14H21N5. The van der Waals surface area contributed by atoms with Crippen LogP contribution in [0.15, 0.2) is 12.1 Å². The van der Waals surface area contributed by atoms with Crippen LogP contribution in [-0.2, 0) is 5.41 Å². The maximum absolute atomic E-state index is 4.75. The van der Waals surface area contributed by atoms with Crippen LogP contribution in [-0.4, -0.2) is 35.1 Å². The molecule has 0 spiro atoms. The quantitative estimate of drug-likeness (QED) is 0.789. The van der Waals surface area contributed by atoms with Gasteiger partial charge in [-0.2, -0.15) is 0 Å². The molecule has 0 radical (unpaired) electrons. The number of piperidine rings is 1. The SMILES string of the molecule is CCC1(c2nc3nc(NC)ccc3[nH]2)CCNCC1. The second-order valence-electron chi connectivity index (χ2n) is 5.29. The van der Waals surface area contributed by atoms with Gasteiger partial charge in [0.15, 0.2) is 5.65 Å². The van der Waals surface area contributed by atoms with E-state index < -0.39 is 0 Å². The highest BCUT2D eigenvalue weighted by molar-refractivity contribution is 5.73. The van der Waals surface area contributed by atoms with Crippen molar-refractivity contribution in [3.05, 3.63) is 18.0 Å². The van der Waals surface area contributed by atoms with E-state index in [-0.39, 0.29) is 5.41 Å². The molecule has 3 rings (SSSR count). The topological polar surface area (TPSA) is 65.6 Å². The van der Waals surface area contributed by atoms with Crippen molar-refractivity contribution in [1.82, 2.24) is 20.3 Å². The highest BCUT2D eigenvalue weighted by atomic mass is 15.1. The van der Waals surface area contributed by atoms with E-state index >= 15 is 0 Å². The number of anilines is 1. The Bertz CT molecular complexity index is 568. The molecule has 102 valence electrons. The summed E-state index contributed by atoms with van der Waals surface area (Å²) in [4.78, 5) is 12.7. The Hall–Kier alpha value is -1.62. The molecule has 1 saturated heterocycles. The van der Waals surface area contributed by atoms with E-state index in [1.165, 1.54) is 0 Å². The minimum atomic E-state index is 0.186. The molecule has 1 aliphatic rings. The minimum absolute atomic E-state index is 0.186. The monoisotopic (exact) mass is 259 g/mol. The van der Waals surface area contributed by atoms with Gasteiger partial charge in [0.2, 0.25) is 0 Å². The van der Waals surface area contributed by atoms with Crippen LogP contribution in [0.4, 0.5) is 5.82 Å². The molecule has 0 atom stereocenters. The summed E-state index contributed by atoms with van der Waals surface area (Å²) in [5, 5.41) is 6.48. The van der Waals surface area contributed by atoms with Gasteiger partial charge in [0, 0.05) is 12.5 Å². The molecule has 0 bridgehead atoms. The first kappa shape index (κ1) is 12.4. The molecule has 0 unspecified atom stereocenters. The number of aromatic nitrogens is 3. The van der Waals surface area contributed by atoms with Crippen LogP contribution in [0.3, 0.4) is 0 Å². The first-order valence-corrected chi connectivity index (χ1v) is 7.03. The summed E-state index contributed by atoms with van der Waals surface area (Å²) in [6, 6.07) is 4.03. The van der Waals surface area contributed by atoms with E-state index in [4.69, 9.17) is 4.98 Å². The highest BCUT2D eigenvalue weighted by Gasteiger charge is 2.35. The second-order valence-corrected chi connectivity index (χ2v) is 5.29. The normalized spacial score (nSPS) is 18.6. The maximum Gasteiger partial charge on any atom is 0.179 e. The number of aromatic amines is 1. The zero-order chi connectivity index (χ0) is 13.3. The van der Waals surface area contributed by atoms with Crippen LogP contribution < -0.4 is 10.6 Å². The molecular weight excluding hydrogens is 238 g/mol. The summed E-state index contributed by atoms with van der Waals surface area (Å²) < 4.78 is 0. The Kier molecular flexibility index (Phi) is 3.14. The smallest absolute Gasteiger partial charge is 0.179 e. The van der Waals surface area contributed by atoms with Crippen molar-refractivity contribution >= 4 is 17.0 Å². The third kappa shape index (κ3) is 2.08. The third-order valence-electron chi connectivity index (χ3n) is 4.34. The molecule has 0 aromatic carbocycles. The molecule has 0 amide bonds. The van der Waals surface area contributed by atoms with Crippen LogP contribution in [0, 0.1) is 0 Å². The van der Waals surface area contributed by atoms with Gasteiger partial charge in [-0.05, 0) is 44.5 Å². The lowest BCUT2D eigenvalue weighted by Crippen LogP contribution is -2.40. The lowest BCUT2D eigenvalue weighted by Gasteiger charge is -2.34. The fourth-order valence-electron chi connectivity index (χ4n) is 2.95. The number of nitrogens with zero attached hydrogens (tertiary/aromatic N) is 2. The molecule has 5 nitrogen and oxygen atoms in total. The van der Waals surface area contributed by atoms with Crippen LogP contribution in [0.5, 0.6) is 0 Å². The number of rotatable bonds is 3. The Morgan fingerprint density at radius 3 is 2.74 bits per heavy atom. The zero-order valence-electron chi connectivity index (χ0n) is 11.6. The highest BCUT2D eigenvalue weighted by Crippen LogP contribution is 2.35. The third-order valence-corrected chi connectivity index (χ3v) is 4.34. The second kappa shape index (κ2) is 4.81. The summed E-state index contributed by atoms with van der Waals surface area (Å²) in [7, 11) is 1.88. The molecule has 5 heteroatoms. The first-order chi connectivity index (χ1) is 9.27. The van der Waals surface area contributed by atoms with Crippen molar-refractivity contribution in [2.24, 2.45) is 0 Å². The predicted molar refractivity (Wildman–Crippen MR) is 77.5 cm³/mol. The summed E-state index contributed by atoms with van der Waals surface area (Å²) >= 11 is 0. The minimum Gasteiger partial charge on any atom is -0.373 e. The standard InChI is InChI=1S/C14H21N5/c1-3-14(6-8-16-9-7-14)13-17-10-4-5-11(15-2)18-12(10)19-13/h4-5,16H,3,6-9H2,1-2H3,(H2,15,17,18,19). The summed E-state index contributed by atoms with van der Waals surface area (Å²) in [5.74, 6) is 1.97. The Balaban J connectivity index is 2.03. The van der Waals surface area contributed by atoms with Crippen LogP contribution in [0.2, 0.25) is 0 Å². The average Bonchev–Trinajstić information content (AvgIpc) is 2.91. The fraction of sp³-hybridized carbons (Fsp3) is 0.571. The van der Waals surface area contributed by atoms with Gasteiger partial charge in [-0.15, -0.1) is 0 Å². The van der Waals surface area contributed by atoms with Gasteiger partial charge < -0.3 is 15.6 Å². The van der Waals surface area contributed by atoms with Crippen molar-refractivity contribution in [2.75, 3.05) is 25.5 Å². The summed E-state index contributed by atoms with van der Waals surface area (Å²) in [5.41, 5.74) is 2.03. The molecule has 3 N–H and O–H groups in total. The average molecular weight is 259 g/mol. The summed E-state index contributed by atoms with van der Waals surface area (Å²) in [6.07, 6.45) is 3.40. The van der Waals surface area contributed by atoms with Gasteiger partial charge in [0.1, 0.15) is 11.6 Å². The van der Waals surface area contributed by atoms with Gasteiger partial charge in [-0.3, -0.25) is 0 Å². The van der Waals surface area contributed by atoms with Crippen molar-refractivity contribution < 1.29 is 0 Å². The molecule has 0 saturated carbocycles. The van der Waals surface area contributed by atoms with E-state index in [0.29, 0.717) is 0 Å². The van der Waals surface area contributed by atoms with E-state index in [2.05, 4.69) is 33.6 Å². The first-order valence-electron chi connectivity index (χ1n) is 7.03. The maximum atomic E-state index is 4.75. The van der Waals surface area contributed by atoms with Crippen LogP contribution >= 0.6 is 0 Å². The van der Waals surface area contributed by atoms with Gasteiger partial charge in [-0.1, -0.05) is 6.92 Å². The lowest BCUT2D eigenvalue weighted by atomic mass is 9.76. The Labute approximate surface area is 113 Å². The number of hydrogen-bond acceptors (Lipinski definition) is 4. The van der Waals surface area contributed by atoms with Crippen molar-refractivity contribution in [3.8, 4) is 0 Å². The van der Waals surface area contributed by atoms with Gasteiger partial charge in [0.05, 0.1) is 5.52 Å². The fourth-order valence-corrected chi connectivity index (χ4v) is 2.95. The number of fused-ring (bicyclic) bond motifs is 1. The largest absolute Gasteiger partial charge is 0.373 e. The number of pyridine rings is 1. The molecule has 1 aliphatic heterocycles. The number of imidazole rings is 1. The molecule has 0 aliphatic carbocycles. The Morgan fingerprint density at radius 2 is 2.05 bits per heavy atom. The van der Waals surface area contributed by atoms with Gasteiger partial charge >= 0.3 is 0 Å². The van der Waals surface area contributed by atoms with Crippen molar-refractivity contribution in [3.63, 3.8) is 0 Å². The van der Waals surface area contributed by atoms with Crippen LogP contribution in [0.25, 0.3) is 11.2 Å². The predicted octanol–water partition coefficient (Wildman–Crippen LogP) is 2.03. The Morgan fingerprint density at radius 1 is 1.26 bits per heavy atom. The lowest BCUT2D eigenvalue weighted by molar-refractivity contribution is 0.285. The van der Waals surface area contributed by atoms with Crippen molar-refractivity contribution in [1.29, 1.82) is 0 Å². The summed E-state index contributed by atoms with van der Waals surface area (Å²) in [6.45, 7) is 4.39. The molecule has 1 fully saturated rings. The molecule has 3 heterocycles. The molecule has 2 aromatic heterocycles. The van der Waals surface area contributed by atoms with E-state index in [9.17, 15) is 0 Å².